The quantitative estimate of drug-likeness (QED) is 0.632. The fourth-order valence-electron chi connectivity index (χ4n) is 2.53. The largest absolute Gasteiger partial charge is 0.497 e. The number of rotatable bonds is 10. The number of hydrogen-bond donors (Lipinski definition) is 1. The maximum absolute atomic E-state index is 6.34. The molecule has 5 heteroatoms. The van der Waals surface area contributed by atoms with Gasteiger partial charge in [-0.1, -0.05) is 23.7 Å². The van der Waals surface area contributed by atoms with Gasteiger partial charge in [0.15, 0.2) is 11.5 Å². The van der Waals surface area contributed by atoms with Crippen LogP contribution >= 0.6 is 11.6 Å². The van der Waals surface area contributed by atoms with Crippen molar-refractivity contribution in [3.8, 4) is 17.2 Å². The molecule has 0 bridgehead atoms. The Bertz CT molecular complexity index is 659. The van der Waals surface area contributed by atoms with Crippen LogP contribution < -0.4 is 19.5 Å². The van der Waals surface area contributed by atoms with Crippen molar-refractivity contribution in [2.45, 2.75) is 26.8 Å². The van der Waals surface area contributed by atoms with E-state index in [1.807, 2.05) is 38.1 Å². The predicted octanol–water partition coefficient (Wildman–Crippen LogP) is 4.48. The summed E-state index contributed by atoms with van der Waals surface area (Å²) in [5.74, 6) is 2.20. The molecule has 0 aromatic heterocycles. The van der Waals surface area contributed by atoms with Gasteiger partial charge in [-0.2, -0.15) is 0 Å². The first-order valence-corrected chi connectivity index (χ1v) is 8.97. The fourth-order valence-corrected chi connectivity index (χ4v) is 2.82. The van der Waals surface area contributed by atoms with Crippen molar-refractivity contribution in [3.05, 3.63) is 52.5 Å². The molecule has 4 nitrogen and oxygen atoms in total. The first-order chi connectivity index (χ1) is 12.2. The van der Waals surface area contributed by atoms with Crippen LogP contribution in [0.1, 0.15) is 25.0 Å². The Labute approximate surface area is 155 Å². The first kappa shape index (κ1) is 19.4. The van der Waals surface area contributed by atoms with Crippen LogP contribution in [0.5, 0.6) is 17.2 Å². The Hall–Kier alpha value is -1.91. The van der Waals surface area contributed by atoms with Gasteiger partial charge >= 0.3 is 0 Å². The van der Waals surface area contributed by atoms with Crippen LogP contribution in [0.15, 0.2) is 36.4 Å². The lowest BCUT2D eigenvalue weighted by atomic mass is 10.1. The summed E-state index contributed by atoms with van der Waals surface area (Å²) >= 11 is 6.34. The van der Waals surface area contributed by atoms with E-state index in [0.29, 0.717) is 29.7 Å². The van der Waals surface area contributed by atoms with E-state index < -0.39 is 0 Å². The number of methoxy groups -OCH3 is 1. The summed E-state index contributed by atoms with van der Waals surface area (Å²) in [6.07, 6.45) is 0.951. The van der Waals surface area contributed by atoms with E-state index in [4.69, 9.17) is 25.8 Å². The normalized spacial score (nSPS) is 10.6. The molecule has 2 rings (SSSR count). The Morgan fingerprint density at radius 1 is 0.960 bits per heavy atom. The molecule has 2 aromatic rings. The Balaban J connectivity index is 1.91. The highest BCUT2D eigenvalue weighted by Gasteiger charge is 2.12. The van der Waals surface area contributed by atoms with Crippen molar-refractivity contribution in [1.82, 2.24) is 5.32 Å². The van der Waals surface area contributed by atoms with E-state index in [-0.39, 0.29) is 0 Å². The molecule has 136 valence electrons. The van der Waals surface area contributed by atoms with Gasteiger partial charge in [0.2, 0.25) is 0 Å². The first-order valence-electron chi connectivity index (χ1n) is 8.59. The average Bonchev–Trinajstić information content (AvgIpc) is 2.62. The highest BCUT2D eigenvalue weighted by atomic mass is 35.5. The van der Waals surface area contributed by atoms with Gasteiger partial charge in [-0.05, 0) is 62.2 Å². The molecule has 0 fully saturated rings. The van der Waals surface area contributed by atoms with E-state index in [2.05, 4.69) is 17.4 Å². The minimum atomic E-state index is 0.555. The van der Waals surface area contributed by atoms with Crippen LogP contribution in [-0.4, -0.2) is 26.9 Å². The second-order valence-electron chi connectivity index (χ2n) is 5.55. The third kappa shape index (κ3) is 5.83. The maximum atomic E-state index is 6.34. The lowest BCUT2D eigenvalue weighted by molar-refractivity contribution is 0.287. The molecule has 0 heterocycles. The molecule has 25 heavy (non-hydrogen) atoms. The number of ether oxygens (including phenoxy) is 3. The number of hydrogen-bond acceptors (Lipinski definition) is 4. The summed E-state index contributed by atoms with van der Waals surface area (Å²) in [5, 5.41) is 4.02. The highest BCUT2D eigenvalue weighted by molar-refractivity contribution is 6.32. The van der Waals surface area contributed by atoms with Crippen molar-refractivity contribution in [1.29, 1.82) is 0 Å². The van der Waals surface area contributed by atoms with E-state index in [1.165, 1.54) is 5.56 Å². The summed E-state index contributed by atoms with van der Waals surface area (Å²) in [4.78, 5) is 0. The Morgan fingerprint density at radius 2 is 1.68 bits per heavy atom. The van der Waals surface area contributed by atoms with Gasteiger partial charge in [-0.15, -0.1) is 0 Å². The van der Waals surface area contributed by atoms with Gasteiger partial charge in [0.1, 0.15) is 5.75 Å². The van der Waals surface area contributed by atoms with Crippen LogP contribution in [0.3, 0.4) is 0 Å². The van der Waals surface area contributed by atoms with E-state index in [1.54, 1.807) is 7.11 Å². The molecule has 0 aliphatic carbocycles. The molecule has 0 amide bonds. The van der Waals surface area contributed by atoms with E-state index >= 15 is 0 Å². The van der Waals surface area contributed by atoms with E-state index in [9.17, 15) is 0 Å². The molecular formula is C20H26ClNO3. The fraction of sp³-hybridized carbons (Fsp3) is 0.400. The lowest BCUT2D eigenvalue weighted by Crippen LogP contribution is -2.16. The smallest absolute Gasteiger partial charge is 0.179 e. The van der Waals surface area contributed by atoms with Gasteiger partial charge < -0.3 is 19.5 Å². The van der Waals surface area contributed by atoms with Crippen molar-refractivity contribution in [3.63, 3.8) is 0 Å². The van der Waals surface area contributed by atoms with E-state index in [0.717, 1.165) is 30.8 Å². The highest BCUT2D eigenvalue weighted by Crippen LogP contribution is 2.36. The van der Waals surface area contributed by atoms with Crippen LogP contribution in [0.2, 0.25) is 5.02 Å². The summed E-state index contributed by atoms with van der Waals surface area (Å²) in [5.41, 5.74) is 2.35. The third-order valence-corrected chi connectivity index (χ3v) is 4.02. The number of benzene rings is 2. The zero-order valence-corrected chi connectivity index (χ0v) is 15.9. The standard InChI is InChI=1S/C20H26ClNO3/c1-4-24-19-13-16(12-18(21)20(19)25-5-2)14-22-11-10-15-6-8-17(23-3)9-7-15/h6-9,12-13,22H,4-5,10-11,14H2,1-3H3. The molecule has 0 aliphatic heterocycles. The number of halogens is 1. The molecule has 0 saturated carbocycles. The van der Waals surface area contributed by atoms with Crippen LogP contribution in [0.25, 0.3) is 0 Å². The minimum Gasteiger partial charge on any atom is -0.497 e. The van der Waals surface area contributed by atoms with Crippen LogP contribution in [0, 0.1) is 0 Å². The summed E-state index contributed by atoms with van der Waals surface area (Å²) in [6, 6.07) is 12.0. The minimum absolute atomic E-state index is 0.555. The molecule has 2 aromatic carbocycles. The molecule has 0 unspecified atom stereocenters. The Kier molecular flexibility index (Phi) is 7.89. The van der Waals surface area contributed by atoms with Gasteiger partial charge in [-0.25, -0.2) is 0 Å². The molecule has 0 atom stereocenters. The molecule has 0 spiro atoms. The second-order valence-corrected chi connectivity index (χ2v) is 5.95. The molecule has 0 saturated heterocycles. The van der Waals surface area contributed by atoms with Gasteiger partial charge in [0, 0.05) is 6.54 Å². The van der Waals surface area contributed by atoms with Crippen molar-refractivity contribution >= 4 is 11.6 Å². The summed E-state index contributed by atoms with van der Waals surface area (Å²) < 4.78 is 16.4. The zero-order valence-electron chi connectivity index (χ0n) is 15.1. The molecule has 0 aliphatic rings. The molecular weight excluding hydrogens is 338 g/mol. The van der Waals surface area contributed by atoms with Gasteiger partial charge in [0.25, 0.3) is 0 Å². The van der Waals surface area contributed by atoms with Crippen LogP contribution in [-0.2, 0) is 13.0 Å². The summed E-state index contributed by atoms with van der Waals surface area (Å²) in [7, 11) is 1.68. The van der Waals surface area contributed by atoms with Crippen molar-refractivity contribution < 1.29 is 14.2 Å². The maximum Gasteiger partial charge on any atom is 0.179 e. The summed E-state index contributed by atoms with van der Waals surface area (Å²) in [6.45, 7) is 6.61. The zero-order chi connectivity index (χ0) is 18.1. The number of nitrogens with one attached hydrogen (secondary N) is 1. The topological polar surface area (TPSA) is 39.7 Å². The van der Waals surface area contributed by atoms with Gasteiger partial charge in [0.05, 0.1) is 25.3 Å². The Morgan fingerprint density at radius 3 is 2.32 bits per heavy atom. The van der Waals surface area contributed by atoms with Crippen molar-refractivity contribution in [2.75, 3.05) is 26.9 Å². The SMILES string of the molecule is CCOc1cc(CNCCc2ccc(OC)cc2)cc(Cl)c1OCC. The van der Waals surface area contributed by atoms with Gasteiger partial charge in [-0.3, -0.25) is 0 Å². The second kappa shape index (κ2) is 10.2. The average molecular weight is 364 g/mol. The molecule has 0 radical (unpaired) electrons. The van der Waals surface area contributed by atoms with Crippen LogP contribution in [0.4, 0.5) is 0 Å². The third-order valence-electron chi connectivity index (χ3n) is 3.74. The van der Waals surface area contributed by atoms with Crippen molar-refractivity contribution in [2.24, 2.45) is 0 Å². The lowest BCUT2D eigenvalue weighted by Gasteiger charge is -2.14. The monoisotopic (exact) mass is 363 g/mol. The predicted molar refractivity (Wildman–Crippen MR) is 102 cm³/mol. The molecule has 1 N–H and O–H groups in total.